The first-order valence-electron chi connectivity index (χ1n) is 17.5. The summed E-state index contributed by atoms with van der Waals surface area (Å²) < 4.78 is 38.3. The highest BCUT2D eigenvalue weighted by Crippen LogP contribution is 2.29. The van der Waals surface area contributed by atoms with Gasteiger partial charge in [0.1, 0.15) is 12.1 Å². The van der Waals surface area contributed by atoms with E-state index in [1.807, 2.05) is 44.2 Å². The number of likely N-dealkylation sites (N-methyl/N-ethyl adjacent to an activating group) is 2. The molecule has 1 fully saturated rings. The van der Waals surface area contributed by atoms with Crippen LogP contribution in [0.3, 0.4) is 0 Å². The van der Waals surface area contributed by atoms with Gasteiger partial charge < -0.3 is 25.7 Å². The van der Waals surface area contributed by atoms with Crippen molar-refractivity contribution in [3.63, 3.8) is 0 Å². The predicted molar refractivity (Wildman–Crippen MR) is 184 cm³/mol. The molecule has 1 aromatic carbocycles. The Bertz CT molecular complexity index is 1190. The third-order valence-corrected chi connectivity index (χ3v) is 9.18. The third-order valence-electron chi connectivity index (χ3n) is 9.18. The number of alkyl halides is 3. The van der Waals surface area contributed by atoms with Gasteiger partial charge in [0.15, 0.2) is 0 Å². The molecule has 276 valence electrons. The zero-order valence-electron chi connectivity index (χ0n) is 29.6. The number of aliphatic hydroxyl groups is 2. The maximum Gasteiger partial charge on any atom is 0.401 e. The fourth-order valence-corrected chi connectivity index (χ4v) is 6.38. The molecule has 0 bridgehead atoms. The van der Waals surface area contributed by atoms with E-state index in [2.05, 4.69) is 16.6 Å². The molecule has 3 amide bonds. The van der Waals surface area contributed by atoms with Crippen LogP contribution in [-0.2, 0) is 20.8 Å². The van der Waals surface area contributed by atoms with Crippen molar-refractivity contribution < 1.29 is 37.8 Å². The number of terminal acetylenes is 1. The lowest BCUT2D eigenvalue weighted by atomic mass is 9.82. The van der Waals surface area contributed by atoms with Crippen molar-refractivity contribution in [2.45, 2.75) is 115 Å². The van der Waals surface area contributed by atoms with Crippen LogP contribution in [0.4, 0.5) is 13.2 Å². The summed E-state index contributed by atoms with van der Waals surface area (Å²) in [7, 11) is 2.80. The second-order valence-electron chi connectivity index (χ2n) is 14.1. The van der Waals surface area contributed by atoms with Gasteiger partial charge in [0.25, 0.3) is 0 Å². The molecule has 1 saturated carbocycles. The molecule has 0 saturated heterocycles. The van der Waals surface area contributed by atoms with Gasteiger partial charge in [0, 0.05) is 33.0 Å². The van der Waals surface area contributed by atoms with E-state index >= 15 is 0 Å². The Kier molecular flexibility index (Phi) is 18.2. The van der Waals surface area contributed by atoms with Gasteiger partial charge in [-0.2, -0.15) is 13.2 Å². The molecule has 0 spiro atoms. The van der Waals surface area contributed by atoms with Gasteiger partial charge in [-0.05, 0) is 50.1 Å². The summed E-state index contributed by atoms with van der Waals surface area (Å²) >= 11 is 0. The molecular weight excluding hydrogens is 637 g/mol. The fraction of sp³-hybridized carbons (Fsp3) is 0.703. The molecule has 0 aromatic heterocycles. The molecule has 9 nitrogen and oxygen atoms in total. The average Bonchev–Trinajstić information content (AvgIpc) is 3.04. The molecule has 12 heteroatoms. The molecule has 0 aliphatic heterocycles. The smallest absolute Gasteiger partial charge is 0.390 e. The van der Waals surface area contributed by atoms with Gasteiger partial charge in [-0.1, -0.05) is 76.3 Å². The molecule has 1 aliphatic rings. The summed E-state index contributed by atoms with van der Waals surface area (Å²) in [5, 5.41) is 27.7. The number of nitrogens with zero attached hydrogens (tertiary/aromatic N) is 2. The number of hydrogen-bond donors (Lipinski definition) is 4. The van der Waals surface area contributed by atoms with Gasteiger partial charge in [-0.25, -0.2) is 0 Å². The first-order chi connectivity index (χ1) is 23.1. The maximum atomic E-state index is 13.8. The number of benzene rings is 1. The normalized spacial score (nSPS) is 17.1. The zero-order valence-corrected chi connectivity index (χ0v) is 29.6. The van der Waals surface area contributed by atoms with E-state index in [4.69, 9.17) is 6.42 Å². The van der Waals surface area contributed by atoms with Gasteiger partial charge in [0.2, 0.25) is 17.7 Å². The van der Waals surface area contributed by atoms with Gasteiger partial charge in [0.05, 0.1) is 24.6 Å². The van der Waals surface area contributed by atoms with Crippen LogP contribution in [0.2, 0.25) is 0 Å². The van der Waals surface area contributed by atoms with Crippen molar-refractivity contribution in [2.75, 3.05) is 33.7 Å². The number of aliphatic hydroxyl groups excluding tert-OH is 2. The van der Waals surface area contributed by atoms with E-state index in [1.54, 1.807) is 0 Å². The third kappa shape index (κ3) is 16.4. The van der Waals surface area contributed by atoms with Crippen molar-refractivity contribution >= 4 is 17.7 Å². The van der Waals surface area contributed by atoms with Crippen LogP contribution in [-0.4, -0.2) is 102 Å². The Hall–Kier alpha value is -3.14. The molecule has 5 atom stereocenters. The summed E-state index contributed by atoms with van der Waals surface area (Å²) in [5.41, 5.74) is 0.794. The van der Waals surface area contributed by atoms with E-state index in [0.717, 1.165) is 42.6 Å². The minimum absolute atomic E-state index is 0.00856. The van der Waals surface area contributed by atoms with Crippen LogP contribution < -0.4 is 10.6 Å². The monoisotopic (exact) mass is 694 g/mol. The van der Waals surface area contributed by atoms with Crippen LogP contribution >= 0.6 is 0 Å². The lowest BCUT2D eigenvalue weighted by Crippen LogP contribution is -2.56. The minimum atomic E-state index is -4.36. The van der Waals surface area contributed by atoms with Gasteiger partial charge in [-0.3, -0.25) is 19.3 Å². The van der Waals surface area contributed by atoms with Crippen molar-refractivity contribution in [2.24, 2.45) is 17.8 Å². The number of amides is 3. The predicted octanol–water partition coefficient (Wildman–Crippen LogP) is 4.31. The zero-order chi connectivity index (χ0) is 36.6. The second kappa shape index (κ2) is 21.2. The molecule has 3 unspecified atom stereocenters. The van der Waals surface area contributed by atoms with Crippen LogP contribution in [0.25, 0.3) is 0 Å². The van der Waals surface area contributed by atoms with E-state index in [-0.39, 0.29) is 50.6 Å². The largest absolute Gasteiger partial charge is 0.401 e. The number of rotatable bonds is 20. The second-order valence-corrected chi connectivity index (χ2v) is 14.1. The maximum absolute atomic E-state index is 13.8. The number of nitrogens with one attached hydrogen (secondary N) is 2. The summed E-state index contributed by atoms with van der Waals surface area (Å²) in [6, 6.07) is 7.29. The molecule has 2 rings (SSSR count). The summed E-state index contributed by atoms with van der Waals surface area (Å²) in [5.74, 6) is 0.535. The van der Waals surface area contributed by atoms with Gasteiger partial charge >= 0.3 is 6.18 Å². The fourth-order valence-electron chi connectivity index (χ4n) is 6.38. The SMILES string of the molecule is C#CCC[C@H](NC(=O)C(CC(=O)N(C)CCN(C)CC(F)(F)F)Cc1ccccc1)C(=O)NC(CC1CCCCC1)[C@@H](O)C(O)CC(C)C. The molecule has 4 N–H and O–H groups in total. The highest BCUT2D eigenvalue weighted by molar-refractivity contribution is 5.91. The topological polar surface area (TPSA) is 122 Å². The van der Waals surface area contributed by atoms with E-state index in [1.165, 1.54) is 19.0 Å². The van der Waals surface area contributed by atoms with Crippen LogP contribution in [0, 0.1) is 30.1 Å². The van der Waals surface area contributed by atoms with Crippen LogP contribution in [0.5, 0.6) is 0 Å². The van der Waals surface area contributed by atoms with E-state index in [0.29, 0.717) is 12.8 Å². The first-order valence-corrected chi connectivity index (χ1v) is 17.5. The molecule has 0 radical (unpaired) electrons. The van der Waals surface area contributed by atoms with Gasteiger partial charge in [-0.15, -0.1) is 12.3 Å². The molecule has 0 heterocycles. The average molecular weight is 695 g/mol. The molecule has 1 aromatic rings. The number of carbonyl (C=O) groups excluding carboxylic acids is 3. The standard InChI is InChI=1S/C37H57F3N4O5/c1-6-7-18-30(36(49)42-31(23-28-16-12-9-13-17-28)34(47)32(45)21-26(2)3)41-35(48)29(22-27-14-10-8-11-15-27)24-33(46)44(5)20-19-43(4)25-37(38,39)40/h1,8,10-11,14-15,26,28-32,34,45,47H,7,9,12-13,16-25H2,2-5H3,(H,41,48)(H,42,49)/t29?,30-,31?,32?,34+/m0/s1. The quantitative estimate of drug-likeness (QED) is 0.151. The Balaban J connectivity index is 2.23. The minimum Gasteiger partial charge on any atom is -0.390 e. The first kappa shape index (κ1) is 42.0. The van der Waals surface area contributed by atoms with Crippen LogP contribution in [0.15, 0.2) is 30.3 Å². The highest BCUT2D eigenvalue weighted by atomic mass is 19.4. The van der Waals surface area contributed by atoms with Crippen molar-refractivity contribution in [3.05, 3.63) is 35.9 Å². The Morgan fingerprint density at radius 3 is 2.24 bits per heavy atom. The summed E-state index contributed by atoms with van der Waals surface area (Å²) in [6.45, 7) is 2.80. The van der Waals surface area contributed by atoms with Crippen molar-refractivity contribution in [1.29, 1.82) is 0 Å². The van der Waals surface area contributed by atoms with Crippen LogP contribution in [0.1, 0.15) is 83.6 Å². The van der Waals surface area contributed by atoms with E-state index < -0.39 is 60.7 Å². The van der Waals surface area contributed by atoms with Crippen molar-refractivity contribution in [1.82, 2.24) is 20.4 Å². The molecular formula is C37H57F3N4O5. The lowest BCUT2D eigenvalue weighted by molar-refractivity contribution is -0.144. The number of halogens is 3. The molecule has 49 heavy (non-hydrogen) atoms. The molecule has 1 aliphatic carbocycles. The Labute approximate surface area is 290 Å². The Morgan fingerprint density at radius 2 is 1.65 bits per heavy atom. The summed E-state index contributed by atoms with van der Waals surface area (Å²) in [6.07, 6.45) is 5.25. The Morgan fingerprint density at radius 1 is 1.00 bits per heavy atom. The van der Waals surface area contributed by atoms with Crippen molar-refractivity contribution in [3.8, 4) is 12.3 Å². The lowest BCUT2D eigenvalue weighted by Gasteiger charge is -2.34. The number of carbonyl (C=O) groups is 3. The summed E-state index contributed by atoms with van der Waals surface area (Å²) in [4.78, 5) is 43.3. The number of hydrogen-bond acceptors (Lipinski definition) is 6. The highest BCUT2D eigenvalue weighted by Gasteiger charge is 2.34. The van der Waals surface area contributed by atoms with E-state index in [9.17, 15) is 37.8 Å².